The SMILES string of the molecule is CCn1c(OCC(F)(F)F)nnc1[C@@H](C)NS(=O)(=O)c1ccc(C(F)(F)F)cc1. The van der Waals surface area contributed by atoms with E-state index in [1.807, 2.05) is 0 Å². The number of hydrogen-bond acceptors (Lipinski definition) is 5. The van der Waals surface area contributed by atoms with Crippen LogP contribution in [0.2, 0.25) is 0 Å². The van der Waals surface area contributed by atoms with E-state index in [0.717, 1.165) is 16.7 Å². The van der Waals surface area contributed by atoms with Crippen molar-refractivity contribution in [2.75, 3.05) is 6.61 Å². The minimum atomic E-state index is -4.62. The molecule has 0 radical (unpaired) electrons. The first kappa shape index (κ1) is 22.9. The summed E-state index contributed by atoms with van der Waals surface area (Å²) in [6.45, 7) is 1.40. The summed E-state index contributed by atoms with van der Waals surface area (Å²) in [5.74, 6) is -0.0276. The highest BCUT2D eigenvalue weighted by Gasteiger charge is 2.32. The van der Waals surface area contributed by atoms with E-state index in [9.17, 15) is 34.8 Å². The van der Waals surface area contributed by atoms with Crippen LogP contribution in [0, 0.1) is 0 Å². The number of aromatic nitrogens is 3. The minimum Gasteiger partial charge on any atom is -0.454 e. The fraction of sp³-hybridized carbons (Fsp3) is 0.467. The first-order valence-corrected chi connectivity index (χ1v) is 9.55. The molecule has 162 valence electrons. The van der Waals surface area contributed by atoms with E-state index >= 15 is 0 Å². The number of hydrogen-bond donors (Lipinski definition) is 1. The molecule has 1 atom stereocenters. The van der Waals surface area contributed by atoms with Crippen molar-refractivity contribution in [2.24, 2.45) is 0 Å². The lowest BCUT2D eigenvalue weighted by Gasteiger charge is -2.16. The van der Waals surface area contributed by atoms with Crippen LogP contribution in [0.1, 0.15) is 31.3 Å². The van der Waals surface area contributed by atoms with Gasteiger partial charge >= 0.3 is 18.4 Å². The Kier molecular flexibility index (Phi) is 6.47. The largest absolute Gasteiger partial charge is 0.454 e. The molecule has 7 nitrogen and oxygen atoms in total. The molecule has 0 aliphatic carbocycles. The van der Waals surface area contributed by atoms with Crippen LogP contribution in [0.25, 0.3) is 0 Å². The molecule has 14 heteroatoms. The quantitative estimate of drug-likeness (QED) is 0.660. The average molecular weight is 446 g/mol. The topological polar surface area (TPSA) is 86.1 Å². The molecule has 0 aliphatic rings. The highest BCUT2D eigenvalue weighted by molar-refractivity contribution is 7.89. The molecule has 0 bridgehead atoms. The van der Waals surface area contributed by atoms with Gasteiger partial charge in [-0.15, -0.1) is 5.10 Å². The van der Waals surface area contributed by atoms with Gasteiger partial charge in [-0.2, -0.15) is 26.3 Å². The van der Waals surface area contributed by atoms with Crippen molar-refractivity contribution in [3.8, 4) is 6.01 Å². The van der Waals surface area contributed by atoms with Gasteiger partial charge < -0.3 is 4.74 Å². The third-order valence-electron chi connectivity index (χ3n) is 3.64. The van der Waals surface area contributed by atoms with Gasteiger partial charge in [0.05, 0.1) is 16.5 Å². The summed E-state index contributed by atoms with van der Waals surface area (Å²) in [6, 6.07) is 1.33. The predicted octanol–water partition coefficient (Wildman–Crippen LogP) is 3.30. The molecule has 0 fully saturated rings. The van der Waals surface area contributed by atoms with Crippen molar-refractivity contribution in [3.05, 3.63) is 35.7 Å². The zero-order chi connectivity index (χ0) is 22.0. The fourth-order valence-electron chi connectivity index (χ4n) is 2.35. The van der Waals surface area contributed by atoms with Gasteiger partial charge in [0, 0.05) is 6.54 Å². The van der Waals surface area contributed by atoms with Crippen LogP contribution in [0.5, 0.6) is 6.01 Å². The summed E-state index contributed by atoms with van der Waals surface area (Å²) in [5.41, 5.74) is -1.01. The van der Waals surface area contributed by atoms with Crippen LogP contribution in [-0.2, 0) is 22.7 Å². The van der Waals surface area contributed by atoms with Crippen LogP contribution >= 0.6 is 0 Å². The Bertz CT molecular complexity index is 938. The Balaban J connectivity index is 2.20. The van der Waals surface area contributed by atoms with E-state index in [-0.39, 0.29) is 12.4 Å². The first-order valence-electron chi connectivity index (χ1n) is 8.07. The number of rotatable bonds is 7. The molecule has 1 aromatic heterocycles. The Morgan fingerprint density at radius 2 is 1.69 bits per heavy atom. The highest BCUT2D eigenvalue weighted by atomic mass is 32.2. The normalized spacial score (nSPS) is 14.1. The molecule has 1 heterocycles. The summed E-state index contributed by atoms with van der Waals surface area (Å²) in [6.07, 6.45) is -9.21. The summed E-state index contributed by atoms with van der Waals surface area (Å²) in [7, 11) is -4.24. The second kappa shape index (κ2) is 8.18. The molecule has 1 N–H and O–H groups in total. The molecular weight excluding hydrogens is 430 g/mol. The lowest BCUT2D eigenvalue weighted by molar-refractivity contribution is -0.155. The smallest absolute Gasteiger partial charge is 0.422 e. The summed E-state index contributed by atoms with van der Waals surface area (Å²) in [5, 5.41) is 7.14. The van der Waals surface area contributed by atoms with Crippen LogP contribution in [0.4, 0.5) is 26.3 Å². The highest BCUT2D eigenvalue weighted by Crippen LogP contribution is 2.30. The Hall–Kier alpha value is -2.35. The molecule has 0 saturated heterocycles. The number of ether oxygens (including phenoxy) is 1. The minimum absolute atomic E-state index is 0.0276. The maximum absolute atomic E-state index is 12.6. The molecule has 2 aromatic rings. The van der Waals surface area contributed by atoms with Crippen molar-refractivity contribution in [1.29, 1.82) is 0 Å². The number of halogens is 6. The monoisotopic (exact) mass is 446 g/mol. The first-order chi connectivity index (χ1) is 13.2. The van der Waals surface area contributed by atoms with Gasteiger partial charge in [-0.05, 0) is 38.1 Å². The Morgan fingerprint density at radius 3 is 2.17 bits per heavy atom. The number of benzene rings is 1. The van der Waals surface area contributed by atoms with E-state index in [1.165, 1.54) is 6.92 Å². The fourth-order valence-corrected chi connectivity index (χ4v) is 3.55. The molecule has 0 amide bonds. The van der Waals surface area contributed by atoms with Gasteiger partial charge in [0.15, 0.2) is 12.4 Å². The van der Waals surface area contributed by atoms with Crippen molar-refractivity contribution in [1.82, 2.24) is 19.5 Å². The lowest BCUT2D eigenvalue weighted by Crippen LogP contribution is -2.29. The zero-order valence-electron chi connectivity index (χ0n) is 15.0. The predicted molar refractivity (Wildman–Crippen MR) is 87.4 cm³/mol. The molecule has 0 aliphatic heterocycles. The van der Waals surface area contributed by atoms with Gasteiger partial charge in [0.2, 0.25) is 10.0 Å². The van der Waals surface area contributed by atoms with E-state index in [2.05, 4.69) is 19.7 Å². The third kappa shape index (κ3) is 5.82. The van der Waals surface area contributed by atoms with Crippen molar-refractivity contribution >= 4 is 10.0 Å². The van der Waals surface area contributed by atoms with Gasteiger partial charge in [0.25, 0.3) is 0 Å². The van der Waals surface area contributed by atoms with Crippen LogP contribution in [0.3, 0.4) is 0 Å². The van der Waals surface area contributed by atoms with E-state index < -0.39 is 51.5 Å². The zero-order valence-corrected chi connectivity index (χ0v) is 15.9. The maximum atomic E-state index is 12.6. The molecule has 1 aromatic carbocycles. The summed E-state index contributed by atoms with van der Waals surface area (Å²) < 4.78 is 107. The van der Waals surface area contributed by atoms with Crippen LogP contribution in [0.15, 0.2) is 29.2 Å². The molecule has 29 heavy (non-hydrogen) atoms. The van der Waals surface area contributed by atoms with Crippen LogP contribution < -0.4 is 9.46 Å². The maximum Gasteiger partial charge on any atom is 0.422 e. The second-order valence-corrected chi connectivity index (χ2v) is 7.57. The van der Waals surface area contributed by atoms with Gasteiger partial charge in [0.1, 0.15) is 0 Å². The van der Waals surface area contributed by atoms with E-state index in [0.29, 0.717) is 12.1 Å². The van der Waals surface area contributed by atoms with Crippen LogP contribution in [-0.4, -0.2) is 36.0 Å². The number of nitrogens with one attached hydrogen (secondary N) is 1. The number of sulfonamides is 1. The summed E-state index contributed by atoms with van der Waals surface area (Å²) >= 11 is 0. The summed E-state index contributed by atoms with van der Waals surface area (Å²) in [4.78, 5) is -0.423. The Morgan fingerprint density at radius 1 is 1.10 bits per heavy atom. The van der Waals surface area contributed by atoms with E-state index in [1.54, 1.807) is 6.92 Å². The van der Waals surface area contributed by atoms with Crippen molar-refractivity contribution in [2.45, 2.75) is 43.7 Å². The Labute approximate surface area is 161 Å². The third-order valence-corrected chi connectivity index (χ3v) is 5.19. The average Bonchev–Trinajstić information content (AvgIpc) is 3.01. The molecule has 0 spiro atoms. The number of alkyl halides is 6. The standard InChI is InChI=1S/C15H16F6N4O3S/c1-3-25-12(22-23-13(25)28-8-14(16,17)18)9(2)24-29(26,27)11-6-4-10(5-7-11)15(19,20)21/h4-7,9,24H,3,8H2,1-2H3/t9-/m1/s1. The van der Waals surface area contributed by atoms with Crippen molar-refractivity contribution < 1.29 is 39.5 Å². The number of nitrogens with zero attached hydrogens (tertiary/aromatic N) is 3. The second-order valence-electron chi connectivity index (χ2n) is 5.85. The molecule has 2 rings (SSSR count). The lowest BCUT2D eigenvalue weighted by atomic mass is 10.2. The molecule has 0 saturated carbocycles. The van der Waals surface area contributed by atoms with Gasteiger partial charge in [-0.3, -0.25) is 4.57 Å². The molecule has 0 unspecified atom stereocenters. The van der Waals surface area contributed by atoms with Crippen molar-refractivity contribution in [3.63, 3.8) is 0 Å². The van der Waals surface area contributed by atoms with Gasteiger partial charge in [-0.1, -0.05) is 5.10 Å². The van der Waals surface area contributed by atoms with E-state index in [4.69, 9.17) is 0 Å². The molecular formula is C15H16F6N4O3S. The van der Waals surface area contributed by atoms with Gasteiger partial charge in [-0.25, -0.2) is 13.1 Å².